The lowest BCUT2D eigenvalue weighted by atomic mass is 10.1. The summed E-state index contributed by atoms with van der Waals surface area (Å²) in [6, 6.07) is 5.17. The number of halogens is 1. The van der Waals surface area contributed by atoms with Crippen LogP contribution in [0.5, 0.6) is 0 Å². The van der Waals surface area contributed by atoms with Crippen LogP contribution in [0.4, 0.5) is 0 Å². The second-order valence-corrected chi connectivity index (χ2v) is 5.94. The molecule has 7 heteroatoms. The Balaban J connectivity index is 2.97. The number of hydrogen-bond donors (Lipinski definition) is 1. The first-order valence-electron chi connectivity index (χ1n) is 6.53. The number of benzene rings is 1. The summed E-state index contributed by atoms with van der Waals surface area (Å²) < 4.78 is 5.37. The standard InChI is InChI=1S/C14H19ClN4O2/c1-9(18-19-16)17-8-10-6-5-7-11(15)12(10)13(20)21-14(2,3)4/h5-7,9,17H,8H2,1-4H3. The third-order valence-electron chi connectivity index (χ3n) is 2.52. The molecule has 0 fully saturated rings. The van der Waals surface area contributed by atoms with Crippen LogP contribution < -0.4 is 5.32 Å². The van der Waals surface area contributed by atoms with Crippen molar-refractivity contribution in [2.75, 3.05) is 0 Å². The Labute approximate surface area is 129 Å². The maximum atomic E-state index is 12.3. The second-order valence-electron chi connectivity index (χ2n) is 5.54. The number of ether oxygens (including phenoxy) is 1. The van der Waals surface area contributed by atoms with Gasteiger partial charge in [0.05, 0.1) is 16.8 Å². The number of azide groups is 1. The third-order valence-corrected chi connectivity index (χ3v) is 2.83. The van der Waals surface area contributed by atoms with Crippen LogP contribution in [0.2, 0.25) is 5.02 Å². The van der Waals surface area contributed by atoms with Crippen molar-refractivity contribution < 1.29 is 9.53 Å². The fraction of sp³-hybridized carbons (Fsp3) is 0.500. The predicted molar refractivity (Wildman–Crippen MR) is 82.1 cm³/mol. The molecular weight excluding hydrogens is 292 g/mol. The molecule has 0 heterocycles. The Bertz CT molecular complexity index is 563. The van der Waals surface area contributed by atoms with Gasteiger partial charge in [-0.05, 0) is 44.9 Å². The average molecular weight is 311 g/mol. The van der Waals surface area contributed by atoms with E-state index >= 15 is 0 Å². The summed E-state index contributed by atoms with van der Waals surface area (Å²) in [4.78, 5) is 15.0. The number of rotatable bonds is 5. The molecule has 1 rings (SSSR count). The highest BCUT2D eigenvalue weighted by molar-refractivity contribution is 6.33. The third kappa shape index (κ3) is 5.63. The lowest BCUT2D eigenvalue weighted by Gasteiger charge is -2.21. The van der Waals surface area contributed by atoms with E-state index in [9.17, 15) is 4.79 Å². The van der Waals surface area contributed by atoms with E-state index in [1.807, 2.05) is 0 Å². The molecule has 0 saturated carbocycles. The highest BCUT2D eigenvalue weighted by Crippen LogP contribution is 2.23. The van der Waals surface area contributed by atoms with Crippen molar-refractivity contribution in [3.8, 4) is 0 Å². The van der Waals surface area contributed by atoms with E-state index in [-0.39, 0.29) is 6.17 Å². The van der Waals surface area contributed by atoms with Gasteiger partial charge in [-0.15, -0.1) is 0 Å². The van der Waals surface area contributed by atoms with Crippen LogP contribution in [0, 0.1) is 0 Å². The number of carbonyl (C=O) groups is 1. The van der Waals surface area contributed by atoms with Gasteiger partial charge in [0.25, 0.3) is 0 Å². The summed E-state index contributed by atoms with van der Waals surface area (Å²) >= 11 is 6.12. The smallest absolute Gasteiger partial charge is 0.340 e. The van der Waals surface area contributed by atoms with Gasteiger partial charge in [0.2, 0.25) is 0 Å². The molecule has 114 valence electrons. The lowest BCUT2D eigenvalue weighted by Crippen LogP contribution is -2.27. The van der Waals surface area contributed by atoms with Gasteiger partial charge in [0, 0.05) is 11.5 Å². The molecular formula is C14H19ClN4O2. The predicted octanol–water partition coefficient (Wildman–Crippen LogP) is 4.04. The van der Waals surface area contributed by atoms with Crippen molar-refractivity contribution in [2.24, 2.45) is 5.11 Å². The van der Waals surface area contributed by atoms with Gasteiger partial charge in [0.15, 0.2) is 0 Å². The summed E-state index contributed by atoms with van der Waals surface area (Å²) in [7, 11) is 0. The molecule has 6 nitrogen and oxygen atoms in total. The van der Waals surface area contributed by atoms with Crippen LogP contribution in [0.1, 0.15) is 43.6 Å². The second kappa shape index (κ2) is 7.31. The van der Waals surface area contributed by atoms with Gasteiger partial charge in [-0.1, -0.05) is 28.8 Å². The molecule has 0 aliphatic heterocycles. The van der Waals surface area contributed by atoms with Crippen molar-refractivity contribution in [1.29, 1.82) is 0 Å². The van der Waals surface area contributed by atoms with E-state index in [0.717, 1.165) is 0 Å². The van der Waals surface area contributed by atoms with Gasteiger partial charge in [-0.25, -0.2) is 4.79 Å². The van der Waals surface area contributed by atoms with Crippen LogP contribution in [0.3, 0.4) is 0 Å². The molecule has 0 saturated heterocycles. The summed E-state index contributed by atoms with van der Waals surface area (Å²) in [5.74, 6) is -0.471. The van der Waals surface area contributed by atoms with Crippen molar-refractivity contribution in [2.45, 2.75) is 46.0 Å². The topological polar surface area (TPSA) is 87.1 Å². The normalized spacial score (nSPS) is 12.4. The SMILES string of the molecule is CC(N=[N+]=[N-])NCc1cccc(Cl)c1C(=O)OC(C)(C)C. The molecule has 0 aliphatic rings. The Kier molecular flexibility index (Phi) is 6.03. The molecule has 1 aromatic carbocycles. The summed E-state index contributed by atoms with van der Waals surface area (Å²) in [6.07, 6.45) is -0.388. The molecule has 0 radical (unpaired) electrons. The number of nitrogens with one attached hydrogen (secondary N) is 1. The monoisotopic (exact) mass is 310 g/mol. The van der Waals surface area contributed by atoms with Gasteiger partial charge in [-0.3, -0.25) is 0 Å². The number of esters is 1. The van der Waals surface area contributed by atoms with Crippen molar-refractivity contribution in [3.05, 3.63) is 44.8 Å². The van der Waals surface area contributed by atoms with Crippen LogP contribution in [-0.4, -0.2) is 17.7 Å². The lowest BCUT2D eigenvalue weighted by molar-refractivity contribution is 0.00684. The quantitative estimate of drug-likeness (QED) is 0.385. The fourth-order valence-electron chi connectivity index (χ4n) is 1.65. The molecule has 21 heavy (non-hydrogen) atoms. The molecule has 1 unspecified atom stereocenters. The molecule has 1 aromatic rings. The van der Waals surface area contributed by atoms with Crippen molar-refractivity contribution >= 4 is 17.6 Å². The number of hydrogen-bond acceptors (Lipinski definition) is 4. The highest BCUT2D eigenvalue weighted by atomic mass is 35.5. The first kappa shape index (κ1) is 17.3. The van der Waals surface area contributed by atoms with Gasteiger partial charge >= 0.3 is 5.97 Å². The minimum atomic E-state index is -0.598. The Hall–Kier alpha value is -1.75. The van der Waals surface area contributed by atoms with E-state index in [4.69, 9.17) is 21.9 Å². The minimum Gasteiger partial charge on any atom is -0.456 e. The number of carbonyl (C=O) groups excluding carboxylic acids is 1. The first-order chi connectivity index (χ1) is 9.74. The van der Waals surface area contributed by atoms with E-state index in [1.54, 1.807) is 45.9 Å². The maximum Gasteiger partial charge on any atom is 0.340 e. The van der Waals surface area contributed by atoms with Gasteiger partial charge in [-0.2, -0.15) is 0 Å². The number of nitrogens with zero attached hydrogens (tertiary/aromatic N) is 3. The van der Waals surface area contributed by atoms with E-state index in [0.29, 0.717) is 22.7 Å². The van der Waals surface area contributed by atoms with Crippen molar-refractivity contribution in [3.63, 3.8) is 0 Å². The zero-order chi connectivity index (χ0) is 16.0. The van der Waals surface area contributed by atoms with Gasteiger partial charge in [0.1, 0.15) is 5.60 Å². The minimum absolute atomic E-state index is 0.328. The molecule has 0 aliphatic carbocycles. The summed E-state index contributed by atoms with van der Waals surface area (Å²) in [5.41, 5.74) is 8.79. The molecule has 1 atom stereocenters. The Morgan fingerprint density at radius 3 is 2.76 bits per heavy atom. The van der Waals surface area contributed by atoms with E-state index < -0.39 is 11.6 Å². The largest absolute Gasteiger partial charge is 0.456 e. The van der Waals surface area contributed by atoms with Gasteiger partial charge < -0.3 is 10.1 Å². The average Bonchev–Trinajstić information content (AvgIpc) is 2.34. The van der Waals surface area contributed by atoms with Crippen LogP contribution in [-0.2, 0) is 11.3 Å². The van der Waals surface area contributed by atoms with E-state index in [1.165, 1.54) is 0 Å². The molecule has 0 bridgehead atoms. The molecule has 0 amide bonds. The van der Waals surface area contributed by atoms with Crippen LogP contribution >= 0.6 is 11.6 Å². The molecule has 1 N–H and O–H groups in total. The zero-order valence-electron chi connectivity index (χ0n) is 12.6. The summed E-state index contributed by atoms with van der Waals surface area (Å²) in [6.45, 7) is 7.45. The Morgan fingerprint density at radius 1 is 1.52 bits per heavy atom. The molecule has 0 spiro atoms. The molecule has 0 aromatic heterocycles. The highest BCUT2D eigenvalue weighted by Gasteiger charge is 2.22. The van der Waals surface area contributed by atoms with Crippen LogP contribution in [0.15, 0.2) is 23.3 Å². The summed E-state index contributed by atoms with van der Waals surface area (Å²) in [5, 5.41) is 6.85. The van der Waals surface area contributed by atoms with Crippen LogP contribution in [0.25, 0.3) is 10.4 Å². The maximum absolute atomic E-state index is 12.3. The Morgan fingerprint density at radius 2 is 2.19 bits per heavy atom. The first-order valence-corrected chi connectivity index (χ1v) is 6.90. The van der Waals surface area contributed by atoms with Crippen molar-refractivity contribution in [1.82, 2.24) is 5.32 Å². The zero-order valence-corrected chi connectivity index (χ0v) is 13.3. The van der Waals surface area contributed by atoms with E-state index in [2.05, 4.69) is 15.3 Å². The fourth-order valence-corrected chi connectivity index (χ4v) is 1.92.